The summed E-state index contributed by atoms with van der Waals surface area (Å²) in [7, 11) is 0. The Morgan fingerprint density at radius 1 is 0.862 bits per heavy atom. The number of carbonyl (C=O) groups excluding carboxylic acids is 1. The Balaban J connectivity index is 1.58. The molecular formula is C22H24FN5O. The van der Waals surface area contributed by atoms with Crippen LogP contribution < -0.4 is 0 Å². The van der Waals surface area contributed by atoms with Crippen LogP contribution in [0.2, 0.25) is 0 Å². The van der Waals surface area contributed by atoms with Crippen molar-refractivity contribution in [2.75, 3.05) is 13.1 Å². The van der Waals surface area contributed by atoms with Gasteiger partial charge in [0.1, 0.15) is 11.6 Å². The van der Waals surface area contributed by atoms with Gasteiger partial charge >= 0.3 is 0 Å². The second-order valence-corrected chi connectivity index (χ2v) is 7.29. The van der Waals surface area contributed by atoms with E-state index in [9.17, 15) is 9.18 Å². The maximum atomic E-state index is 13.3. The highest BCUT2D eigenvalue weighted by molar-refractivity contribution is 5.94. The van der Waals surface area contributed by atoms with Crippen molar-refractivity contribution in [1.82, 2.24) is 24.6 Å². The molecule has 0 aliphatic carbocycles. The molecule has 29 heavy (non-hydrogen) atoms. The van der Waals surface area contributed by atoms with Crippen molar-refractivity contribution in [2.24, 2.45) is 0 Å². The molecule has 1 aliphatic heterocycles. The van der Waals surface area contributed by atoms with Crippen LogP contribution >= 0.6 is 0 Å². The number of pyridine rings is 1. The van der Waals surface area contributed by atoms with Gasteiger partial charge in [0.2, 0.25) is 0 Å². The standard InChI is InChI=1S/C22H24FN5O/c23-19-7-5-17(6-8-19)21-26-25-20-11-16-27(14-3-1-2-4-15-28(20)21)22(29)18-9-12-24-13-10-18/h5-10,12-13H,1-4,11,14-16H2. The zero-order valence-corrected chi connectivity index (χ0v) is 16.3. The molecule has 7 heteroatoms. The molecule has 3 aromatic rings. The van der Waals surface area contributed by atoms with Gasteiger partial charge in [0, 0.05) is 49.6 Å². The van der Waals surface area contributed by atoms with E-state index in [1.807, 2.05) is 4.90 Å². The van der Waals surface area contributed by atoms with Gasteiger partial charge in [-0.05, 0) is 49.2 Å². The Bertz CT molecular complexity index is 955. The van der Waals surface area contributed by atoms with Gasteiger partial charge in [-0.1, -0.05) is 12.8 Å². The first-order chi connectivity index (χ1) is 14.2. The first-order valence-electron chi connectivity index (χ1n) is 10.1. The van der Waals surface area contributed by atoms with E-state index >= 15 is 0 Å². The van der Waals surface area contributed by atoms with Crippen molar-refractivity contribution in [3.05, 3.63) is 66.0 Å². The number of nitrogens with zero attached hydrogens (tertiary/aromatic N) is 5. The fraction of sp³-hybridized carbons (Fsp3) is 0.364. The van der Waals surface area contributed by atoms with Crippen LogP contribution in [0, 0.1) is 5.82 Å². The number of amides is 1. The van der Waals surface area contributed by atoms with Crippen molar-refractivity contribution in [1.29, 1.82) is 0 Å². The topological polar surface area (TPSA) is 63.9 Å². The molecule has 0 radical (unpaired) electrons. The van der Waals surface area contributed by atoms with E-state index in [1.54, 1.807) is 36.7 Å². The van der Waals surface area contributed by atoms with Crippen LogP contribution in [-0.2, 0) is 13.0 Å². The zero-order chi connectivity index (χ0) is 20.1. The van der Waals surface area contributed by atoms with Gasteiger partial charge in [0.05, 0.1) is 0 Å². The minimum atomic E-state index is -0.267. The van der Waals surface area contributed by atoms with Crippen LogP contribution in [0.4, 0.5) is 4.39 Å². The summed E-state index contributed by atoms with van der Waals surface area (Å²) >= 11 is 0. The summed E-state index contributed by atoms with van der Waals surface area (Å²) in [6.07, 6.45) is 8.09. The molecule has 0 N–H and O–H groups in total. The molecule has 0 saturated heterocycles. The van der Waals surface area contributed by atoms with Crippen LogP contribution in [0.3, 0.4) is 0 Å². The largest absolute Gasteiger partial charge is 0.338 e. The lowest BCUT2D eigenvalue weighted by molar-refractivity contribution is 0.0753. The molecule has 0 saturated carbocycles. The highest BCUT2D eigenvalue weighted by atomic mass is 19.1. The molecule has 0 unspecified atom stereocenters. The van der Waals surface area contributed by atoms with Crippen molar-refractivity contribution >= 4 is 5.91 Å². The molecule has 6 nitrogen and oxygen atoms in total. The van der Waals surface area contributed by atoms with Crippen LogP contribution in [0.25, 0.3) is 11.4 Å². The first kappa shape index (κ1) is 19.2. The summed E-state index contributed by atoms with van der Waals surface area (Å²) in [4.78, 5) is 18.8. The van der Waals surface area contributed by atoms with Crippen LogP contribution in [0.1, 0.15) is 41.9 Å². The third kappa shape index (κ3) is 4.50. The average molecular weight is 393 g/mol. The van der Waals surface area contributed by atoms with E-state index < -0.39 is 0 Å². The number of hydrogen-bond acceptors (Lipinski definition) is 4. The molecule has 0 fully saturated rings. The minimum Gasteiger partial charge on any atom is -0.338 e. The van der Waals surface area contributed by atoms with Gasteiger partial charge in [-0.3, -0.25) is 9.78 Å². The Morgan fingerprint density at radius 3 is 2.34 bits per heavy atom. The number of aromatic nitrogens is 4. The van der Waals surface area contributed by atoms with Crippen LogP contribution in [0.15, 0.2) is 48.8 Å². The third-order valence-corrected chi connectivity index (χ3v) is 5.31. The molecule has 150 valence electrons. The monoisotopic (exact) mass is 393 g/mol. The number of fused-ring (bicyclic) bond motifs is 1. The van der Waals surface area contributed by atoms with Gasteiger partial charge < -0.3 is 9.47 Å². The van der Waals surface area contributed by atoms with E-state index in [4.69, 9.17) is 0 Å². The molecule has 4 rings (SSSR count). The van der Waals surface area contributed by atoms with Gasteiger partial charge in [-0.2, -0.15) is 0 Å². The first-order valence-corrected chi connectivity index (χ1v) is 10.1. The Hall–Kier alpha value is -3.09. The lowest BCUT2D eigenvalue weighted by atomic mass is 10.1. The highest BCUT2D eigenvalue weighted by Gasteiger charge is 2.19. The molecule has 0 atom stereocenters. The smallest absolute Gasteiger partial charge is 0.253 e. The highest BCUT2D eigenvalue weighted by Crippen LogP contribution is 2.21. The summed E-state index contributed by atoms with van der Waals surface area (Å²) in [6, 6.07) is 9.85. The summed E-state index contributed by atoms with van der Waals surface area (Å²) < 4.78 is 15.4. The molecule has 0 bridgehead atoms. The Morgan fingerprint density at radius 2 is 1.59 bits per heavy atom. The summed E-state index contributed by atoms with van der Waals surface area (Å²) in [6.45, 7) is 2.15. The van der Waals surface area contributed by atoms with E-state index in [0.29, 0.717) is 18.5 Å². The molecule has 1 aromatic carbocycles. The quantitative estimate of drug-likeness (QED) is 0.665. The van der Waals surface area contributed by atoms with Crippen molar-refractivity contribution in [3.63, 3.8) is 0 Å². The summed E-state index contributed by atoms with van der Waals surface area (Å²) in [5.74, 6) is 1.37. The van der Waals surface area contributed by atoms with E-state index in [-0.39, 0.29) is 11.7 Å². The number of halogens is 1. The van der Waals surface area contributed by atoms with E-state index in [0.717, 1.165) is 56.0 Å². The molecule has 2 aromatic heterocycles. The van der Waals surface area contributed by atoms with Crippen LogP contribution in [-0.4, -0.2) is 43.6 Å². The Labute approximate surface area is 169 Å². The normalized spacial score (nSPS) is 15.4. The number of hydrogen-bond donors (Lipinski definition) is 0. The minimum absolute atomic E-state index is 0.0245. The van der Waals surface area contributed by atoms with E-state index in [2.05, 4.69) is 19.7 Å². The van der Waals surface area contributed by atoms with Crippen LogP contribution in [0.5, 0.6) is 0 Å². The number of benzene rings is 1. The molecule has 3 heterocycles. The maximum absolute atomic E-state index is 13.3. The van der Waals surface area contributed by atoms with Crippen molar-refractivity contribution in [2.45, 2.75) is 38.6 Å². The van der Waals surface area contributed by atoms with Gasteiger partial charge in [-0.25, -0.2) is 4.39 Å². The summed E-state index contributed by atoms with van der Waals surface area (Å²) in [5, 5.41) is 8.77. The fourth-order valence-electron chi connectivity index (χ4n) is 3.72. The van der Waals surface area contributed by atoms with Gasteiger partial charge in [0.15, 0.2) is 5.82 Å². The lowest BCUT2D eigenvalue weighted by Gasteiger charge is -2.22. The Kier molecular flexibility index (Phi) is 5.93. The maximum Gasteiger partial charge on any atom is 0.253 e. The third-order valence-electron chi connectivity index (χ3n) is 5.31. The predicted octanol–water partition coefficient (Wildman–Crippen LogP) is 3.74. The number of carbonyl (C=O) groups is 1. The van der Waals surface area contributed by atoms with Crippen molar-refractivity contribution < 1.29 is 9.18 Å². The summed E-state index contributed by atoms with van der Waals surface area (Å²) in [5.41, 5.74) is 1.51. The SMILES string of the molecule is O=C(c1ccncc1)N1CCCCCCn2c(nnc2-c2ccc(F)cc2)CC1. The molecular weight excluding hydrogens is 369 g/mol. The molecule has 0 spiro atoms. The lowest BCUT2D eigenvalue weighted by Crippen LogP contribution is -2.34. The fourth-order valence-corrected chi connectivity index (χ4v) is 3.72. The predicted molar refractivity (Wildman–Crippen MR) is 108 cm³/mol. The van der Waals surface area contributed by atoms with E-state index in [1.165, 1.54) is 12.1 Å². The second-order valence-electron chi connectivity index (χ2n) is 7.29. The zero-order valence-electron chi connectivity index (χ0n) is 16.3. The van der Waals surface area contributed by atoms with Gasteiger partial charge in [0.25, 0.3) is 5.91 Å². The number of rotatable bonds is 2. The second kappa shape index (κ2) is 8.94. The van der Waals surface area contributed by atoms with Crippen molar-refractivity contribution in [3.8, 4) is 11.4 Å². The average Bonchev–Trinajstić information content (AvgIpc) is 3.14. The van der Waals surface area contributed by atoms with Gasteiger partial charge in [-0.15, -0.1) is 10.2 Å². The molecule has 1 aliphatic rings. The molecule has 1 amide bonds.